The number of hydrogen-bond donors (Lipinski definition) is 3. The number of sulfonamides is 1. The Kier molecular flexibility index (Phi) is 4.41. The maximum atomic E-state index is 12.4. The van der Waals surface area contributed by atoms with Crippen LogP contribution in [-0.4, -0.2) is 25.0 Å². The topological polar surface area (TPSA) is 104 Å². The van der Waals surface area contributed by atoms with E-state index in [-0.39, 0.29) is 17.1 Å². The summed E-state index contributed by atoms with van der Waals surface area (Å²) in [7, 11) is -3.69. The summed E-state index contributed by atoms with van der Waals surface area (Å²) >= 11 is 0. The van der Waals surface area contributed by atoms with Crippen molar-refractivity contribution in [3.05, 3.63) is 58.5 Å². The van der Waals surface area contributed by atoms with Gasteiger partial charge in [-0.3, -0.25) is 0 Å². The first-order chi connectivity index (χ1) is 11.5. The Balaban J connectivity index is 1.79. The minimum atomic E-state index is -3.69. The number of hydrogen-bond acceptors (Lipinski definition) is 4. The molecular formula is C16H17N3O4S. The molecule has 0 saturated heterocycles. The van der Waals surface area contributed by atoms with Gasteiger partial charge in [0.2, 0.25) is 10.0 Å². The maximum Gasteiger partial charge on any atom is 0.323 e. The first-order valence-corrected chi connectivity index (χ1v) is 8.90. The number of benzene rings is 2. The fraction of sp³-hybridized carbons (Fsp3) is 0.188. The van der Waals surface area contributed by atoms with E-state index >= 15 is 0 Å². The standard InChI is InChI=1S/C16H17N3O4S/c1-2-23-12-5-3-4-11(8-12)10-17-24(21,22)13-6-7-14-15(9-13)19-16(20)18-14/h3-9,17H,2,10H2,1H3,(H2,18,19,20). The molecule has 0 bridgehead atoms. The molecule has 24 heavy (non-hydrogen) atoms. The van der Waals surface area contributed by atoms with Crippen LogP contribution >= 0.6 is 0 Å². The molecule has 126 valence electrons. The van der Waals surface area contributed by atoms with Crippen LogP contribution in [0.1, 0.15) is 12.5 Å². The molecule has 2 aromatic carbocycles. The molecule has 0 spiro atoms. The average Bonchev–Trinajstić information content (AvgIpc) is 2.93. The molecule has 0 aliphatic rings. The van der Waals surface area contributed by atoms with E-state index < -0.39 is 10.0 Å². The highest BCUT2D eigenvalue weighted by Gasteiger charge is 2.15. The molecule has 1 heterocycles. The van der Waals surface area contributed by atoms with Gasteiger partial charge >= 0.3 is 5.69 Å². The van der Waals surface area contributed by atoms with Gasteiger partial charge in [-0.2, -0.15) is 0 Å². The van der Waals surface area contributed by atoms with Crippen molar-refractivity contribution in [1.82, 2.24) is 14.7 Å². The molecule has 0 aliphatic carbocycles. The third kappa shape index (κ3) is 3.50. The molecule has 1 aromatic heterocycles. The van der Waals surface area contributed by atoms with E-state index in [2.05, 4.69) is 14.7 Å². The maximum absolute atomic E-state index is 12.4. The number of H-pyrrole nitrogens is 2. The van der Waals surface area contributed by atoms with Crippen molar-refractivity contribution < 1.29 is 13.2 Å². The Morgan fingerprint density at radius 1 is 1.08 bits per heavy atom. The zero-order chi connectivity index (χ0) is 17.2. The summed E-state index contributed by atoms with van der Waals surface area (Å²) in [5.41, 5.74) is 1.42. The first kappa shape index (κ1) is 16.3. The lowest BCUT2D eigenvalue weighted by molar-refractivity contribution is 0.340. The number of rotatable bonds is 6. The summed E-state index contributed by atoms with van der Waals surface area (Å²) in [5.74, 6) is 0.695. The van der Waals surface area contributed by atoms with Gasteiger partial charge in [-0.25, -0.2) is 17.9 Å². The summed E-state index contributed by atoms with van der Waals surface area (Å²) in [6.07, 6.45) is 0. The summed E-state index contributed by atoms with van der Waals surface area (Å²) in [4.78, 5) is 16.5. The molecule has 0 radical (unpaired) electrons. The number of aromatic nitrogens is 2. The minimum absolute atomic E-state index is 0.0891. The molecule has 7 nitrogen and oxygen atoms in total. The van der Waals surface area contributed by atoms with Gasteiger partial charge in [0.05, 0.1) is 22.5 Å². The smallest absolute Gasteiger partial charge is 0.323 e. The number of nitrogens with one attached hydrogen (secondary N) is 3. The number of ether oxygens (including phenoxy) is 1. The van der Waals surface area contributed by atoms with Gasteiger partial charge in [0.15, 0.2) is 0 Å². The van der Waals surface area contributed by atoms with Crippen molar-refractivity contribution in [2.45, 2.75) is 18.4 Å². The molecule has 0 fully saturated rings. The molecule has 3 rings (SSSR count). The van der Waals surface area contributed by atoms with Crippen molar-refractivity contribution >= 4 is 21.1 Å². The van der Waals surface area contributed by atoms with E-state index in [1.807, 2.05) is 25.1 Å². The van der Waals surface area contributed by atoms with Crippen LogP contribution in [-0.2, 0) is 16.6 Å². The lowest BCUT2D eigenvalue weighted by atomic mass is 10.2. The predicted octanol–water partition coefficient (Wildman–Crippen LogP) is 1.73. The second kappa shape index (κ2) is 6.50. The van der Waals surface area contributed by atoms with E-state index in [4.69, 9.17) is 4.74 Å². The summed E-state index contributed by atoms with van der Waals surface area (Å²) in [5, 5.41) is 0. The molecule has 0 aliphatic heterocycles. The lowest BCUT2D eigenvalue weighted by Crippen LogP contribution is -2.23. The Labute approximate surface area is 138 Å². The van der Waals surface area contributed by atoms with Crippen LogP contribution < -0.4 is 15.1 Å². The number of imidazole rings is 1. The molecule has 0 amide bonds. The lowest BCUT2D eigenvalue weighted by Gasteiger charge is -2.09. The normalized spacial score (nSPS) is 11.7. The molecular weight excluding hydrogens is 330 g/mol. The highest BCUT2D eigenvalue weighted by atomic mass is 32.2. The van der Waals surface area contributed by atoms with Gasteiger partial charge < -0.3 is 14.7 Å². The largest absolute Gasteiger partial charge is 0.494 e. The summed E-state index contributed by atoms with van der Waals surface area (Å²) < 4.78 is 32.8. The Bertz CT molecular complexity index is 1020. The minimum Gasteiger partial charge on any atom is -0.494 e. The highest BCUT2D eigenvalue weighted by Crippen LogP contribution is 2.17. The monoisotopic (exact) mass is 347 g/mol. The molecule has 0 unspecified atom stereocenters. The number of fused-ring (bicyclic) bond motifs is 1. The van der Waals surface area contributed by atoms with Crippen LogP contribution in [0.25, 0.3) is 11.0 Å². The zero-order valence-electron chi connectivity index (χ0n) is 13.0. The van der Waals surface area contributed by atoms with Crippen molar-refractivity contribution in [2.75, 3.05) is 6.61 Å². The molecule has 0 saturated carbocycles. The van der Waals surface area contributed by atoms with Crippen LogP contribution in [0.4, 0.5) is 0 Å². The summed E-state index contributed by atoms with van der Waals surface area (Å²) in [6, 6.07) is 11.7. The van der Waals surface area contributed by atoms with Crippen molar-refractivity contribution in [2.24, 2.45) is 0 Å². The Morgan fingerprint density at radius 3 is 2.67 bits per heavy atom. The molecule has 8 heteroatoms. The van der Waals surface area contributed by atoms with Crippen molar-refractivity contribution in [3.63, 3.8) is 0 Å². The predicted molar refractivity (Wildman–Crippen MR) is 90.6 cm³/mol. The Morgan fingerprint density at radius 2 is 1.88 bits per heavy atom. The molecule has 3 N–H and O–H groups in total. The van der Waals surface area contributed by atoms with Crippen molar-refractivity contribution in [3.8, 4) is 5.75 Å². The van der Waals surface area contributed by atoms with E-state index in [0.717, 1.165) is 5.56 Å². The van der Waals surface area contributed by atoms with Crippen LogP contribution in [0.3, 0.4) is 0 Å². The van der Waals surface area contributed by atoms with Crippen LogP contribution in [0, 0.1) is 0 Å². The van der Waals surface area contributed by atoms with Crippen LogP contribution in [0.2, 0.25) is 0 Å². The van der Waals surface area contributed by atoms with E-state index in [1.54, 1.807) is 12.1 Å². The van der Waals surface area contributed by atoms with Crippen LogP contribution in [0.5, 0.6) is 5.75 Å². The van der Waals surface area contributed by atoms with E-state index in [0.29, 0.717) is 23.4 Å². The molecule has 0 atom stereocenters. The fourth-order valence-corrected chi connectivity index (χ4v) is 3.40. The van der Waals surface area contributed by atoms with Crippen molar-refractivity contribution in [1.29, 1.82) is 0 Å². The van der Waals surface area contributed by atoms with E-state index in [9.17, 15) is 13.2 Å². The second-order valence-corrected chi connectivity index (χ2v) is 6.96. The average molecular weight is 347 g/mol. The van der Waals surface area contributed by atoms with Gasteiger partial charge in [-0.05, 0) is 42.8 Å². The summed E-state index contributed by atoms with van der Waals surface area (Å²) in [6.45, 7) is 2.58. The van der Waals surface area contributed by atoms with Gasteiger partial charge in [0, 0.05) is 6.54 Å². The van der Waals surface area contributed by atoms with Gasteiger partial charge in [0.1, 0.15) is 5.75 Å². The molecule has 3 aromatic rings. The van der Waals surface area contributed by atoms with Gasteiger partial charge in [0.25, 0.3) is 0 Å². The quantitative estimate of drug-likeness (QED) is 0.632. The first-order valence-electron chi connectivity index (χ1n) is 7.41. The number of aromatic amines is 2. The fourth-order valence-electron chi connectivity index (χ4n) is 2.35. The SMILES string of the molecule is CCOc1cccc(CNS(=O)(=O)c2ccc3[nH]c(=O)[nH]c3c2)c1. The van der Waals surface area contributed by atoms with Crippen LogP contribution in [0.15, 0.2) is 52.2 Å². The van der Waals surface area contributed by atoms with Gasteiger partial charge in [-0.15, -0.1) is 0 Å². The zero-order valence-corrected chi connectivity index (χ0v) is 13.8. The second-order valence-electron chi connectivity index (χ2n) is 5.19. The Hall–Kier alpha value is -2.58. The highest BCUT2D eigenvalue weighted by molar-refractivity contribution is 7.89. The third-order valence-corrected chi connectivity index (χ3v) is 4.87. The van der Waals surface area contributed by atoms with E-state index in [1.165, 1.54) is 12.1 Å². The van der Waals surface area contributed by atoms with Gasteiger partial charge in [-0.1, -0.05) is 12.1 Å². The third-order valence-electron chi connectivity index (χ3n) is 3.47.